The number of aromatic hydroxyl groups is 1. The third-order valence-corrected chi connectivity index (χ3v) is 4.51. The van der Waals surface area contributed by atoms with Crippen molar-refractivity contribution >= 4 is 34.4 Å². The molecule has 0 aliphatic carbocycles. The van der Waals surface area contributed by atoms with E-state index in [4.69, 9.17) is 0 Å². The van der Waals surface area contributed by atoms with Crippen LogP contribution in [0.15, 0.2) is 65.7 Å². The predicted octanol–water partition coefficient (Wildman–Crippen LogP) is 4.22. The zero-order chi connectivity index (χ0) is 17.9. The number of phenols is 1. The van der Waals surface area contributed by atoms with Gasteiger partial charge in [-0.15, -0.1) is 0 Å². The lowest BCUT2D eigenvalue weighted by Gasteiger charge is -2.27. The van der Waals surface area contributed by atoms with E-state index in [2.05, 4.69) is 10.3 Å². The van der Waals surface area contributed by atoms with Crippen molar-refractivity contribution in [2.24, 2.45) is 4.99 Å². The number of hydrogen-bond donors (Lipinski definition) is 2. The molecule has 2 amide bonds. The fourth-order valence-corrected chi connectivity index (χ4v) is 3.18. The number of phenolic OH excluding ortho intramolecular Hbond substituents is 1. The van der Waals surface area contributed by atoms with Crippen molar-refractivity contribution in [3.05, 3.63) is 66.2 Å². The van der Waals surface area contributed by atoms with E-state index < -0.39 is 0 Å². The largest absolute Gasteiger partial charge is 0.507 e. The molecule has 3 aromatic carbocycles. The number of carbonyl (C=O) groups is 1. The molecule has 26 heavy (non-hydrogen) atoms. The van der Waals surface area contributed by atoms with Crippen LogP contribution < -0.4 is 10.2 Å². The summed E-state index contributed by atoms with van der Waals surface area (Å²) in [7, 11) is 0. The van der Waals surface area contributed by atoms with Gasteiger partial charge in [-0.2, -0.15) is 0 Å². The number of urea groups is 1. The second-order valence-electron chi connectivity index (χ2n) is 6.23. The number of hydrogen-bond acceptors (Lipinski definition) is 3. The first-order chi connectivity index (χ1) is 12.7. The highest BCUT2D eigenvalue weighted by Gasteiger charge is 2.19. The Hall–Kier alpha value is -3.34. The Bertz CT molecular complexity index is 997. The van der Waals surface area contributed by atoms with Gasteiger partial charge in [-0.25, -0.2) is 4.79 Å². The van der Waals surface area contributed by atoms with Crippen LogP contribution in [0.1, 0.15) is 12.0 Å². The maximum atomic E-state index is 12.0. The van der Waals surface area contributed by atoms with Gasteiger partial charge in [0.05, 0.1) is 5.69 Å². The summed E-state index contributed by atoms with van der Waals surface area (Å²) in [6, 6.07) is 18.9. The molecule has 1 heterocycles. The maximum Gasteiger partial charge on any atom is 0.321 e. The molecule has 5 heteroatoms. The van der Waals surface area contributed by atoms with E-state index >= 15 is 0 Å². The Morgan fingerprint density at radius 3 is 2.85 bits per heavy atom. The van der Waals surface area contributed by atoms with Gasteiger partial charge in [0.25, 0.3) is 0 Å². The Balaban J connectivity index is 1.67. The van der Waals surface area contributed by atoms with E-state index in [1.165, 1.54) is 0 Å². The second-order valence-corrected chi connectivity index (χ2v) is 6.23. The average molecular weight is 345 g/mol. The first-order valence-electron chi connectivity index (χ1n) is 8.62. The molecule has 5 nitrogen and oxygen atoms in total. The standard InChI is InChI=1S/C21H19N3O2/c25-20-10-9-15-5-1-2-8-18(15)19(20)14-23-16-6-3-7-17(13-16)24-12-4-11-22-21(24)26/h1-3,5-10,13-14,25H,4,11-12H2,(H,22,26). The fraction of sp³-hybridized carbons (Fsp3) is 0.143. The first-order valence-corrected chi connectivity index (χ1v) is 8.62. The molecule has 0 bridgehead atoms. The van der Waals surface area contributed by atoms with Crippen molar-refractivity contribution in [3.63, 3.8) is 0 Å². The minimum atomic E-state index is -0.0796. The third-order valence-electron chi connectivity index (χ3n) is 4.51. The molecule has 0 radical (unpaired) electrons. The minimum absolute atomic E-state index is 0.0796. The second kappa shape index (κ2) is 6.88. The molecule has 0 spiro atoms. The van der Waals surface area contributed by atoms with Crippen molar-refractivity contribution < 1.29 is 9.90 Å². The van der Waals surface area contributed by atoms with Crippen molar-refractivity contribution in [2.45, 2.75) is 6.42 Å². The van der Waals surface area contributed by atoms with Crippen LogP contribution in [0.2, 0.25) is 0 Å². The van der Waals surface area contributed by atoms with Gasteiger partial charge in [0, 0.05) is 30.6 Å². The van der Waals surface area contributed by atoms with Gasteiger partial charge in [-0.05, 0) is 41.5 Å². The van der Waals surface area contributed by atoms with Gasteiger partial charge in [-0.3, -0.25) is 9.89 Å². The molecule has 1 aliphatic rings. The summed E-state index contributed by atoms with van der Waals surface area (Å²) >= 11 is 0. The average Bonchev–Trinajstić information content (AvgIpc) is 2.68. The van der Waals surface area contributed by atoms with Crippen molar-refractivity contribution in [1.29, 1.82) is 0 Å². The number of aliphatic imine (C=N–C) groups is 1. The Kier molecular flexibility index (Phi) is 4.27. The minimum Gasteiger partial charge on any atom is -0.507 e. The Morgan fingerprint density at radius 2 is 1.96 bits per heavy atom. The van der Waals surface area contributed by atoms with Crippen LogP contribution >= 0.6 is 0 Å². The first kappa shape index (κ1) is 16.1. The molecule has 0 aromatic heterocycles. The van der Waals surface area contributed by atoms with Gasteiger partial charge in [-0.1, -0.05) is 36.4 Å². The van der Waals surface area contributed by atoms with E-state index in [0.717, 1.165) is 28.6 Å². The number of carbonyl (C=O) groups excluding carboxylic acids is 1. The van der Waals surface area contributed by atoms with Crippen LogP contribution in [-0.4, -0.2) is 30.4 Å². The highest BCUT2D eigenvalue weighted by Crippen LogP contribution is 2.27. The topological polar surface area (TPSA) is 64.9 Å². The number of amides is 2. The normalized spacial score (nSPS) is 14.8. The summed E-state index contributed by atoms with van der Waals surface area (Å²) in [5.74, 6) is 0.194. The van der Waals surface area contributed by atoms with Crippen molar-refractivity contribution in [3.8, 4) is 5.75 Å². The highest BCUT2D eigenvalue weighted by molar-refractivity contribution is 6.03. The molecule has 2 N–H and O–H groups in total. The molecule has 1 fully saturated rings. The molecule has 130 valence electrons. The van der Waals surface area contributed by atoms with E-state index in [-0.39, 0.29) is 11.8 Å². The van der Waals surface area contributed by atoms with Crippen molar-refractivity contribution in [2.75, 3.05) is 18.0 Å². The van der Waals surface area contributed by atoms with Crippen LogP contribution in [-0.2, 0) is 0 Å². The molecule has 1 saturated heterocycles. The van der Waals surface area contributed by atoms with Crippen LogP contribution in [0.4, 0.5) is 16.2 Å². The van der Waals surface area contributed by atoms with Crippen molar-refractivity contribution in [1.82, 2.24) is 5.32 Å². The lowest BCUT2D eigenvalue weighted by molar-refractivity contribution is 0.243. The quantitative estimate of drug-likeness (QED) is 0.698. The van der Waals surface area contributed by atoms with Gasteiger partial charge in [0.2, 0.25) is 0 Å². The number of nitrogens with one attached hydrogen (secondary N) is 1. The zero-order valence-electron chi connectivity index (χ0n) is 14.2. The van der Waals surface area contributed by atoms with Gasteiger partial charge in [0.1, 0.15) is 5.75 Å². The molecule has 0 atom stereocenters. The smallest absolute Gasteiger partial charge is 0.321 e. The van der Waals surface area contributed by atoms with Crippen LogP contribution in [0.5, 0.6) is 5.75 Å². The monoisotopic (exact) mass is 345 g/mol. The molecule has 0 saturated carbocycles. The maximum absolute atomic E-state index is 12.0. The summed E-state index contributed by atoms with van der Waals surface area (Å²) < 4.78 is 0. The van der Waals surface area contributed by atoms with Gasteiger partial charge in [0.15, 0.2) is 0 Å². The molecule has 0 unspecified atom stereocenters. The van der Waals surface area contributed by atoms with Gasteiger partial charge >= 0.3 is 6.03 Å². The number of anilines is 1. The fourth-order valence-electron chi connectivity index (χ4n) is 3.18. The van der Waals surface area contributed by atoms with Crippen LogP contribution in [0, 0.1) is 0 Å². The Morgan fingerprint density at radius 1 is 1.08 bits per heavy atom. The number of nitrogens with zero attached hydrogens (tertiary/aromatic N) is 2. The van der Waals surface area contributed by atoms with E-state index in [9.17, 15) is 9.90 Å². The summed E-state index contributed by atoms with van der Waals surface area (Å²) in [6.07, 6.45) is 2.59. The number of benzene rings is 3. The van der Waals surface area contributed by atoms with Gasteiger partial charge < -0.3 is 10.4 Å². The summed E-state index contributed by atoms with van der Waals surface area (Å²) in [5, 5.41) is 15.1. The molecule has 3 aromatic rings. The summed E-state index contributed by atoms with van der Waals surface area (Å²) in [4.78, 5) is 18.3. The lowest BCUT2D eigenvalue weighted by Crippen LogP contribution is -2.46. The number of fused-ring (bicyclic) bond motifs is 1. The summed E-state index contributed by atoms with van der Waals surface area (Å²) in [5.41, 5.74) is 2.23. The number of rotatable bonds is 3. The van der Waals surface area contributed by atoms with Crippen LogP contribution in [0.3, 0.4) is 0 Å². The van der Waals surface area contributed by atoms with E-state index in [1.54, 1.807) is 17.2 Å². The van der Waals surface area contributed by atoms with E-state index in [0.29, 0.717) is 18.7 Å². The molecule has 1 aliphatic heterocycles. The molecular weight excluding hydrogens is 326 g/mol. The third kappa shape index (κ3) is 3.11. The van der Waals surface area contributed by atoms with Crippen LogP contribution in [0.25, 0.3) is 10.8 Å². The lowest BCUT2D eigenvalue weighted by atomic mass is 10.0. The zero-order valence-corrected chi connectivity index (χ0v) is 14.2. The SMILES string of the molecule is O=C1NCCCN1c1cccc(N=Cc2c(O)ccc3ccccc23)c1. The Labute approximate surface area is 151 Å². The summed E-state index contributed by atoms with van der Waals surface area (Å²) in [6.45, 7) is 1.41. The predicted molar refractivity (Wildman–Crippen MR) is 105 cm³/mol. The molecular formula is C21H19N3O2. The van der Waals surface area contributed by atoms with E-state index in [1.807, 2.05) is 54.6 Å². The highest BCUT2D eigenvalue weighted by atomic mass is 16.3. The molecule has 4 rings (SSSR count).